The molecule has 3 aliphatic carbocycles. The number of rotatable bonds is 3. The summed E-state index contributed by atoms with van der Waals surface area (Å²) in [5, 5.41) is 2.43. The molecular formula is C41H34N2. The maximum Gasteiger partial charge on any atom is 0.160 e. The number of allylic oxidation sites excluding steroid dienone is 8. The Morgan fingerprint density at radius 3 is 2.23 bits per heavy atom. The quantitative estimate of drug-likeness (QED) is 0.222. The first kappa shape index (κ1) is 25.9. The van der Waals surface area contributed by atoms with Gasteiger partial charge in [0.2, 0.25) is 0 Å². The number of hydrogen-bond donors (Lipinski definition) is 0. The van der Waals surface area contributed by atoms with Gasteiger partial charge in [-0.1, -0.05) is 128 Å². The molecule has 2 heteroatoms. The molecule has 8 rings (SSSR count). The molecule has 4 aromatic carbocycles. The van der Waals surface area contributed by atoms with Crippen LogP contribution in [-0.4, -0.2) is 9.97 Å². The van der Waals surface area contributed by atoms with Gasteiger partial charge in [0.1, 0.15) is 0 Å². The first-order valence-electron chi connectivity index (χ1n) is 15.3. The van der Waals surface area contributed by atoms with Crippen molar-refractivity contribution in [2.24, 2.45) is 11.8 Å². The lowest BCUT2D eigenvalue weighted by Crippen LogP contribution is -2.15. The fourth-order valence-corrected chi connectivity index (χ4v) is 7.10. The average molecular weight is 555 g/mol. The van der Waals surface area contributed by atoms with Crippen LogP contribution in [-0.2, 0) is 5.41 Å². The normalized spacial score (nSPS) is 19.4. The van der Waals surface area contributed by atoms with Gasteiger partial charge in [-0.2, -0.15) is 0 Å². The second-order valence-electron chi connectivity index (χ2n) is 12.9. The highest BCUT2D eigenvalue weighted by Gasteiger charge is 2.35. The van der Waals surface area contributed by atoms with E-state index in [1.165, 1.54) is 44.2 Å². The topological polar surface area (TPSA) is 25.8 Å². The molecule has 2 unspecified atom stereocenters. The minimum Gasteiger partial charge on any atom is -0.228 e. The van der Waals surface area contributed by atoms with E-state index in [1.54, 1.807) is 0 Å². The molecule has 0 bridgehead atoms. The summed E-state index contributed by atoms with van der Waals surface area (Å²) in [6.45, 7) is 8.97. The van der Waals surface area contributed by atoms with E-state index in [4.69, 9.17) is 9.97 Å². The summed E-state index contributed by atoms with van der Waals surface area (Å²) in [6, 6.07) is 31.0. The molecule has 0 saturated carbocycles. The summed E-state index contributed by atoms with van der Waals surface area (Å²) in [6.07, 6.45) is 13.8. The predicted octanol–water partition coefficient (Wildman–Crippen LogP) is 10.3. The van der Waals surface area contributed by atoms with Crippen molar-refractivity contribution in [1.82, 2.24) is 9.97 Å². The monoisotopic (exact) mass is 554 g/mol. The Balaban J connectivity index is 1.28. The number of aryl methyl sites for hydroxylation is 1. The van der Waals surface area contributed by atoms with E-state index < -0.39 is 0 Å². The van der Waals surface area contributed by atoms with E-state index in [0.717, 1.165) is 33.9 Å². The second kappa shape index (κ2) is 9.61. The van der Waals surface area contributed by atoms with Crippen molar-refractivity contribution in [3.05, 3.63) is 149 Å². The molecule has 0 radical (unpaired) electrons. The van der Waals surface area contributed by atoms with Gasteiger partial charge in [-0.05, 0) is 70.6 Å². The Morgan fingerprint density at radius 1 is 0.605 bits per heavy atom. The number of fused-ring (bicyclic) bond motifs is 5. The number of nitrogens with zero attached hydrogens (tertiary/aromatic N) is 2. The van der Waals surface area contributed by atoms with Crippen molar-refractivity contribution in [2.75, 3.05) is 0 Å². The van der Waals surface area contributed by atoms with Crippen LogP contribution in [0.4, 0.5) is 0 Å². The Kier molecular flexibility index (Phi) is 5.78. The van der Waals surface area contributed by atoms with Crippen LogP contribution in [0.5, 0.6) is 0 Å². The van der Waals surface area contributed by atoms with E-state index in [9.17, 15) is 0 Å². The molecule has 0 N–H and O–H groups in total. The molecule has 0 fully saturated rings. The summed E-state index contributed by atoms with van der Waals surface area (Å²) >= 11 is 0. The molecule has 0 aliphatic heterocycles. The van der Waals surface area contributed by atoms with E-state index in [-0.39, 0.29) is 5.41 Å². The van der Waals surface area contributed by atoms with Gasteiger partial charge in [-0.25, -0.2) is 9.97 Å². The Hall–Kier alpha value is -4.82. The largest absolute Gasteiger partial charge is 0.228 e. The molecule has 1 heterocycles. The molecule has 3 aliphatic rings. The van der Waals surface area contributed by atoms with Crippen LogP contribution in [0.2, 0.25) is 0 Å². The van der Waals surface area contributed by atoms with Gasteiger partial charge in [0.25, 0.3) is 0 Å². The zero-order valence-electron chi connectivity index (χ0n) is 25.1. The van der Waals surface area contributed by atoms with Crippen LogP contribution in [0.3, 0.4) is 0 Å². The van der Waals surface area contributed by atoms with Crippen molar-refractivity contribution in [3.8, 4) is 33.8 Å². The highest BCUT2D eigenvalue weighted by Crippen LogP contribution is 2.49. The maximum absolute atomic E-state index is 5.22. The third-order valence-corrected chi connectivity index (χ3v) is 9.51. The van der Waals surface area contributed by atoms with Crippen LogP contribution in [0.1, 0.15) is 43.2 Å². The second-order valence-corrected chi connectivity index (χ2v) is 12.9. The third kappa shape index (κ3) is 4.32. The first-order valence-corrected chi connectivity index (χ1v) is 15.3. The predicted molar refractivity (Wildman–Crippen MR) is 180 cm³/mol. The number of benzene rings is 4. The van der Waals surface area contributed by atoms with Gasteiger partial charge in [0, 0.05) is 28.4 Å². The number of hydrogen-bond acceptors (Lipinski definition) is 2. The molecule has 0 spiro atoms. The summed E-state index contributed by atoms with van der Waals surface area (Å²) in [5.74, 6) is 1.50. The summed E-state index contributed by atoms with van der Waals surface area (Å²) in [7, 11) is 0. The Labute approximate surface area is 253 Å². The fraction of sp³-hybridized carbons (Fsp3) is 0.171. The van der Waals surface area contributed by atoms with Crippen molar-refractivity contribution in [2.45, 2.75) is 33.1 Å². The van der Waals surface area contributed by atoms with Gasteiger partial charge >= 0.3 is 0 Å². The van der Waals surface area contributed by atoms with Gasteiger partial charge < -0.3 is 0 Å². The highest BCUT2D eigenvalue weighted by molar-refractivity contribution is 5.88. The molecule has 1 aromatic heterocycles. The maximum atomic E-state index is 5.22. The van der Waals surface area contributed by atoms with Crippen molar-refractivity contribution in [3.63, 3.8) is 0 Å². The number of aromatic nitrogens is 2. The van der Waals surface area contributed by atoms with Gasteiger partial charge in [-0.15, -0.1) is 0 Å². The summed E-state index contributed by atoms with van der Waals surface area (Å²) in [4.78, 5) is 10.4. The molecule has 43 heavy (non-hydrogen) atoms. The van der Waals surface area contributed by atoms with Crippen molar-refractivity contribution >= 4 is 16.3 Å². The Bertz CT molecular complexity index is 2090. The minimum atomic E-state index is -0.0697. The highest BCUT2D eigenvalue weighted by atomic mass is 14.9. The molecule has 0 saturated heterocycles. The standard InChI is InChI=1S/C41H34N2/c1-25-9-11-29-21-31(15-13-27(29)19-25)38-24-39(43-40(42-38)33-16-14-28-20-26(2)10-12-30(28)22-33)32-17-18-35-34-7-5-6-8-36(34)41(3,4)37(35)23-32/h5-24,27,29H,1-4H3. The van der Waals surface area contributed by atoms with Gasteiger partial charge in [0.15, 0.2) is 5.82 Å². The van der Waals surface area contributed by atoms with Crippen LogP contribution < -0.4 is 0 Å². The molecule has 208 valence electrons. The molecule has 2 nitrogen and oxygen atoms in total. The zero-order valence-corrected chi connectivity index (χ0v) is 25.1. The van der Waals surface area contributed by atoms with Crippen molar-refractivity contribution in [1.29, 1.82) is 0 Å². The zero-order chi connectivity index (χ0) is 29.3. The van der Waals surface area contributed by atoms with Gasteiger partial charge in [0.05, 0.1) is 11.4 Å². The lowest BCUT2D eigenvalue weighted by atomic mass is 9.80. The fourth-order valence-electron chi connectivity index (χ4n) is 7.10. The lowest BCUT2D eigenvalue weighted by Gasteiger charge is -2.24. The van der Waals surface area contributed by atoms with Crippen LogP contribution >= 0.6 is 0 Å². The van der Waals surface area contributed by atoms with E-state index in [1.807, 2.05) is 0 Å². The first-order chi connectivity index (χ1) is 20.8. The average Bonchev–Trinajstić information content (AvgIpc) is 3.26. The van der Waals surface area contributed by atoms with Crippen LogP contribution in [0.25, 0.3) is 50.1 Å². The Morgan fingerprint density at radius 2 is 1.33 bits per heavy atom. The van der Waals surface area contributed by atoms with E-state index >= 15 is 0 Å². The lowest BCUT2D eigenvalue weighted by molar-refractivity contribution is 0.657. The molecule has 5 aromatic rings. The smallest absolute Gasteiger partial charge is 0.160 e. The summed E-state index contributed by atoms with van der Waals surface area (Å²) < 4.78 is 0. The molecular weight excluding hydrogens is 520 g/mol. The molecule has 0 amide bonds. The summed E-state index contributed by atoms with van der Waals surface area (Å²) in [5.41, 5.74) is 13.1. The SMILES string of the molecule is CC1=CC2C=CC(c3cc(-c4ccc5c(c4)C(C)(C)c4ccccc4-5)nc(-c4ccc5cc(C)ccc5c4)n3)=CC2C=C1. The van der Waals surface area contributed by atoms with Crippen molar-refractivity contribution < 1.29 is 0 Å². The van der Waals surface area contributed by atoms with E-state index in [2.05, 4.69) is 149 Å². The molecule has 2 atom stereocenters. The minimum absolute atomic E-state index is 0.0697. The van der Waals surface area contributed by atoms with E-state index in [0.29, 0.717) is 11.8 Å². The van der Waals surface area contributed by atoms with Crippen LogP contribution in [0.15, 0.2) is 127 Å². The van der Waals surface area contributed by atoms with Gasteiger partial charge in [-0.3, -0.25) is 0 Å². The van der Waals surface area contributed by atoms with Crippen LogP contribution in [0, 0.1) is 18.8 Å². The third-order valence-electron chi connectivity index (χ3n) is 9.51.